The summed E-state index contributed by atoms with van der Waals surface area (Å²) in [6, 6.07) is 10.3. The number of nitrogens with two attached hydrogens (primary N) is 1. The fourth-order valence-electron chi connectivity index (χ4n) is 4.01. The van der Waals surface area contributed by atoms with E-state index in [2.05, 4.69) is 17.1 Å². The van der Waals surface area contributed by atoms with Gasteiger partial charge >= 0.3 is 0 Å². The van der Waals surface area contributed by atoms with Gasteiger partial charge in [-0.15, -0.1) is 11.3 Å². The van der Waals surface area contributed by atoms with Gasteiger partial charge in [0.05, 0.1) is 12.1 Å². The van der Waals surface area contributed by atoms with Gasteiger partial charge in [0.15, 0.2) is 5.13 Å². The molecule has 27 heavy (non-hydrogen) atoms. The summed E-state index contributed by atoms with van der Waals surface area (Å²) in [4.78, 5) is 32.8. The minimum absolute atomic E-state index is 0.0801. The van der Waals surface area contributed by atoms with Crippen molar-refractivity contribution in [3.8, 4) is 0 Å². The van der Waals surface area contributed by atoms with Gasteiger partial charge in [0.25, 0.3) is 0 Å². The summed E-state index contributed by atoms with van der Waals surface area (Å²) >= 11 is 1.44. The molecule has 142 valence electrons. The Hall–Kier alpha value is -2.25. The molecule has 7 heteroatoms. The van der Waals surface area contributed by atoms with Gasteiger partial charge in [-0.2, -0.15) is 0 Å². The highest BCUT2D eigenvalue weighted by atomic mass is 32.1. The van der Waals surface area contributed by atoms with E-state index in [-0.39, 0.29) is 30.1 Å². The molecule has 2 aliphatic rings. The second-order valence-corrected chi connectivity index (χ2v) is 8.10. The summed E-state index contributed by atoms with van der Waals surface area (Å²) in [5.41, 5.74) is 7.96. The van der Waals surface area contributed by atoms with Crippen molar-refractivity contribution in [3.63, 3.8) is 0 Å². The van der Waals surface area contributed by atoms with E-state index in [1.165, 1.54) is 16.9 Å². The van der Waals surface area contributed by atoms with E-state index in [0.717, 1.165) is 18.7 Å². The first-order valence-corrected chi connectivity index (χ1v) is 10.3. The summed E-state index contributed by atoms with van der Waals surface area (Å²) in [6.07, 6.45) is 1.74. The molecule has 2 aromatic rings. The van der Waals surface area contributed by atoms with Gasteiger partial charge in [0, 0.05) is 37.4 Å². The first-order valence-electron chi connectivity index (χ1n) is 9.43. The second kappa shape index (κ2) is 7.78. The summed E-state index contributed by atoms with van der Waals surface area (Å²) in [5.74, 6) is 0.771. The number of rotatable bonds is 5. The minimum atomic E-state index is 0.0801. The van der Waals surface area contributed by atoms with Gasteiger partial charge in [-0.05, 0) is 24.4 Å². The van der Waals surface area contributed by atoms with Crippen LogP contribution in [0.5, 0.6) is 0 Å². The second-order valence-electron chi connectivity index (χ2n) is 7.26. The van der Waals surface area contributed by atoms with Gasteiger partial charge in [0.1, 0.15) is 0 Å². The average Bonchev–Trinajstić information content (AvgIpc) is 3.41. The van der Waals surface area contributed by atoms with E-state index in [1.54, 1.807) is 4.90 Å². The van der Waals surface area contributed by atoms with Crippen LogP contribution in [-0.4, -0.2) is 47.9 Å². The number of anilines is 1. The van der Waals surface area contributed by atoms with Crippen molar-refractivity contribution in [1.82, 2.24) is 9.88 Å². The highest BCUT2D eigenvalue weighted by molar-refractivity contribution is 7.14. The number of carbonyl (C=O) groups is 2. The van der Waals surface area contributed by atoms with Crippen LogP contribution in [0.1, 0.15) is 30.0 Å². The standard InChI is InChI=1S/C20H24N4O2S/c21-10-15-11-23(12-17(15)14-5-2-1-3-6-14)19(26)9-16-13-27-20(22-16)24-8-4-7-18(24)25/h1-3,5-6,13,15,17H,4,7-12,21H2/t15-,17+/m1/s1. The first kappa shape index (κ1) is 18.1. The first-order chi connectivity index (χ1) is 13.2. The van der Waals surface area contributed by atoms with E-state index >= 15 is 0 Å². The third kappa shape index (κ3) is 3.75. The van der Waals surface area contributed by atoms with Crippen molar-refractivity contribution in [3.05, 3.63) is 47.0 Å². The Morgan fingerprint density at radius 3 is 2.78 bits per heavy atom. The quantitative estimate of drug-likeness (QED) is 0.855. The maximum Gasteiger partial charge on any atom is 0.228 e. The van der Waals surface area contributed by atoms with E-state index < -0.39 is 0 Å². The van der Waals surface area contributed by atoms with Crippen molar-refractivity contribution in [2.75, 3.05) is 31.1 Å². The molecule has 1 aromatic carbocycles. The van der Waals surface area contributed by atoms with Crippen LogP contribution in [0.3, 0.4) is 0 Å². The SMILES string of the molecule is NC[C@@H]1CN(C(=O)Cc2csc(N3CCCC3=O)n2)C[C@H]1c1ccccc1. The van der Waals surface area contributed by atoms with Crippen LogP contribution in [-0.2, 0) is 16.0 Å². The van der Waals surface area contributed by atoms with Crippen molar-refractivity contribution in [2.45, 2.75) is 25.2 Å². The van der Waals surface area contributed by atoms with Gasteiger partial charge in [-0.25, -0.2) is 4.98 Å². The van der Waals surface area contributed by atoms with Gasteiger partial charge in [-0.3, -0.25) is 14.5 Å². The van der Waals surface area contributed by atoms with Gasteiger partial charge in [-0.1, -0.05) is 30.3 Å². The van der Waals surface area contributed by atoms with Crippen LogP contribution in [0.15, 0.2) is 35.7 Å². The normalized spacial score (nSPS) is 22.6. The van der Waals surface area contributed by atoms with Crippen LogP contribution in [0, 0.1) is 5.92 Å². The summed E-state index contributed by atoms with van der Waals surface area (Å²) in [5, 5.41) is 2.60. The number of aromatic nitrogens is 1. The average molecular weight is 385 g/mol. The smallest absolute Gasteiger partial charge is 0.228 e. The molecule has 0 aliphatic carbocycles. The van der Waals surface area contributed by atoms with Crippen LogP contribution >= 0.6 is 11.3 Å². The molecule has 2 N–H and O–H groups in total. The molecule has 2 saturated heterocycles. The zero-order valence-electron chi connectivity index (χ0n) is 15.2. The van der Waals surface area contributed by atoms with E-state index in [4.69, 9.17) is 5.73 Å². The third-order valence-electron chi connectivity index (χ3n) is 5.50. The van der Waals surface area contributed by atoms with E-state index in [9.17, 15) is 9.59 Å². The molecule has 6 nitrogen and oxygen atoms in total. The molecule has 0 bridgehead atoms. The lowest BCUT2D eigenvalue weighted by Crippen LogP contribution is -2.31. The monoisotopic (exact) mass is 384 g/mol. The number of hydrogen-bond acceptors (Lipinski definition) is 5. The fourth-order valence-corrected chi connectivity index (χ4v) is 4.88. The molecular formula is C20H24N4O2S. The number of likely N-dealkylation sites (tertiary alicyclic amines) is 1. The van der Waals surface area contributed by atoms with Gasteiger partial charge in [0.2, 0.25) is 11.8 Å². The highest BCUT2D eigenvalue weighted by Crippen LogP contribution is 2.32. The van der Waals surface area contributed by atoms with Crippen molar-refractivity contribution in [1.29, 1.82) is 0 Å². The number of carbonyl (C=O) groups excluding carboxylic acids is 2. The third-order valence-corrected chi connectivity index (χ3v) is 6.41. The highest BCUT2D eigenvalue weighted by Gasteiger charge is 2.35. The molecule has 1 aromatic heterocycles. The van der Waals surface area contributed by atoms with Crippen LogP contribution in [0.25, 0.3) is 0 Å². The Morgan fingerprint density at radius 1 is 1.26 bits per heavy atom. The topological polar surface area (TPSA) is 79.5 Å². The molecule has 2 aliphatic heterocycles. The molecular weight excluding hydrogens is 360 g/mol. The van der Waals surface area contributed by atoms with Gasteiger partial charge < -0.3 is 10.6 Å². The maximum atomic E-state index is 12.8. The number of amides is 2. The summed E-state index contributed by atoms with van der Waals surface area (Å²) < 4.78 is 0. The number of nitrogens with zero attached hydrogens (tertiary/aromatic N) is 3. The van der Waals surface area contributed by atoms with Crippen molar-refractivity contribution in [2.24, 2.45) is 11.7 Å². The molecule has 3 heterocycles. The minimum Gasteiger partial charge on any atom is -0.341 e. The molecule has 0 radical (unpaired) electrons. The predicted octanol–water partition coefficient (Wildman–Crippen LogP) is 2.01. The molecule has 0 unspecified atom stereocenters. The molecule has 2 amide bonds. The van der Waals surface area contributed by atoms with E-state index in [1.807, 2.05) is 28.5 Å². The lowest BCUT2D eigenvalue weighted by Gasteiger charge is -2.16. The largest absolute Gasteiger partial charge is 0.341 e. The Balaban J connectivity index is 1.41. The Labute approximate surface area is 163 Å². The fraction of sp³-hybridized carbons (Fsp3) is 0.450. The zero-order chi connectivity index (χ0) is 18.8. The predicted molar refractivity (Wildman–Crippen MR) is 106 cm³/mol. The molecule has 0 spiro atoms. The lowest BCUT2D eigenvalue weighted by molar-refractivity contribution is -0.129. The number of thiazole rings is 1. The Kier molecular flexibility index (Phi) is 5.22. The van der Waals surface area contributed by atoms with Crippen molar-refractivity contribution < 1.29 is 9.59 Å². The van der Waals surface area contributed by atoms with Crippen LogP contribution < -0.4 is 10.6 Å². The summed E-state index contributed by atoms with van der Waals surface area (Å²) in [7, 11) is 0. The molecule has 2 fully saturated rings. The van der Waals surface area contributed by atoms with Crippen LogP contribution in [0.2, 0.25) is 0 Å². The maximum absolute atomic E-state index is 12.8. The summed E-state index contributed by atoms with van der Waals surface area (Å²) in [6.45, 7) is 2.69. The zero-order valence-corrected chi connectivity index (χ0v) is 16.0. The van der Waals surface area contributed by atoms with E-state index in [0.29, 0.717) is 31.2 Å². The number of hydrogen-bond donors (Lipinski definition) is 1. The molecule has 2 atom stereocenters. The molecule has 0 saturated carbocycles. The lowest BCUT2D eigenvalue weighted by atomic mass is 9.89. The van der Waals surface area contributed by atoms with Crippen LogP contribution in [0.4, 0.5) is 5.13 Å². The van der Waals surface area contributed by atoms with Crippen molar-refractivity contribution >= 4 is 28.3 Å². The number of benzene rings is 1. The Morgan fingerprint density at radius 2 is 2.07 bits per heavy atom. The molecule has 4 rings (SSSR count). The Bertz CT molecular complexity index is 822.